The van der Waals surface area contributed by atoms with Gasteiger partial charge >= 0.3 is 29.8 Å². The molecule has 0 aromatic heterocycles. The molecule has 13 atom stereocenters. The summed E-state index contributed by atoms with van der Waals surface area (Å²) in [5.41, 5.74) is 22.1. The smallest absolute Gasteiger partial charge is 0.326 e. The Morgan fingerprint density at radius 2 is 0.795 bits per heavy atom. The van der Waals surface area contributed by atoms with E-state index in [2.05, 4.69) is 36.9 Å². The van der Waals surface area contributed by atoms with Gasteiger partial charge in [-0.05, 0) is 70.8 Å². The predicted molar refractivity (Wildman–Crippen MR) is 287 cm³/mol. The van der Waals surface area contributed by atoms with Gasteiger partial charge in [-0.25, -0.2) is 4.79 Å². The first-order valence-corrected chi connectivity index (χ1v) is 26.3. The van der Waals surface area contributed by atoms with E-state index in [-0.39, 0.29) is 64.0 Å². The lowest BCUT2D eigenvalue weighted by molar-refractivity contribution is -0.147. The van der Waals surface area contributed by atoms with Crippen LogP contribution in [-0.2, 0) is 67.1 Å². The van der Waals surface area contributed by atoms with E-state index in [1.807, 2.05) is 16.0 Å². The number of aliphatic hydroxyl groups excluding tert-OH is 2. The molecule has 0 spiro atoms. The molecule has 9 amide bonds. The van der Waals surface area contributed by atoms with Crippen LogP contribution in [0.5, 0.6) is 0 Å². The first-order chi connectivity index (χ1) is 38.6. The largest absolute Gasteiger partial charge is 0.481 e. The molecular weight excluding hydrogens is 1110 g/mol. The normalized spacial score (nSPS) is 15.7. The predicted octanol–water partition coefficient (Wildman–Crippen LogP) is -7.30. The topological polar surface area (TPSA) is 605 Å². The Balaban J connectivity index is 6.79. The molecule has 0 saturated heterocycles. The third-order valence-electron chi connectivity index (χ3n) is 12.3. The van der Waals surface area contributed by atoms with Crippen molar-refractivity contribution in [2.24, 2.45) is 39.8 Å². The van der Waals surface area contributed by atoms with Crippen LogP contribution in [0.15, 0.2) is 4.99 Å². The molecule has 0 aliphatic carbocycles. The number of nitrogens with one attached hydrogen (secondary N) is 9. The first kappa shape index (κ1) is 74.7. The van der Waals surface area contributed by atoms with Crippen molar-refractivity contribution in [2.45, 2.75) is 185 Å². The minimum atomic E-state index is -2.16. The number of nitrogens with zero attached hydrogens (tertiary/aromatic N) is 1. The maximum absolute atomic E-state index is 14.1. The summed E-state index contributed by atoms with van der Waals surface area (Å²) in [7, 11) is 0. The molecule has 0 aliphatic heterocycles. The summed E-state index contributed by atoms with van der Waals surface area (Å²) in [5.74, 6) is -20.6. The zero-order valence-corrected chi connectivity index (χ0v) is 46.9. The van der Waals surface area contributed by atoms with Gasteiger partial charge in [0.05, 0.1) is 37.5 Å². The minimum absolute atomic E-state index is 0.0938. The molecule has 0 aliphatic rings. The van der Waals surface area contributed by atoms with Crippen molar-refractivity contribution in [3.05, 3.63) is 0 Å². The Morgan fingerprint density at radius 3 is 1.23 bits per heavy atom. The summed E-state index contributed by atoms with van der Waals surface area (Å²) in [4.78, 5) is 184. The monoisotopic (exact) mass is 1190 g/mol. The van der Waals surface area contributed by atoms with E-state index in [9.17, 15) is 92.7 Å². The highest BCUT2D eigenvalue weighted by Gasteiger charge is 2.39. The van der Waals surface area contributed by atoms with Crippen LogP contribution in [-0.4, -0.2) is 210 Å². The SMILES string of the molecule is CC[C@H](C)[C@H](NC(=O)[C@@H](NC(=O)[C@@H](N)CCC(=O)O)[C@@H](C)O)C(=O)N[C@H](C(=O)N[C@@H](CCCCN)C(=O)N[C@@H](CC(=O)O)C(=O)N[C@H](C(=O)N[C@@H](CC(=O)O)C(=O)N[C@@H](CCCN=C(N)N)C(=O)N[C@@H](CC(=O)O)C(=O)O)[C@@H](C)O)C(C)C. The molecule has 0 radical (unpaired) electrons. The Bertz CT molecular complexity index is 2320. The zero-order chi connectivity index (χ0) is 64.0. The molecule has 470 valence electrons. The Morgan fingerprint density at radius 1 is 0.434 bits per heavy atom. The summed E-state index contributed by atoms with van der Waals surface area (Å²) in [6.45, 7) is 8.30. The summed E-state index contributed by atoms with van der Waals surface area (Å²) in [5, 5.41) is 88.1. The quantitative estimate of drug-likeness (QED) is 0.0154. The highest BCUT2D eigenvalue weighted by Crippen LogP contribution is 2.14. The number of aliphatic carboxylic acids is 5. The van der Waals surface area contributed by atoms with Gasteiger partial charge in [0, 0.05) is 13.0 Å². The second-order valence-electron chi connectivity index (χ2n) is 19.8. The van der Waals surface area contributed by atoms with Crippen molar-refractivity contribution in [1.29, 1.82) is 0 Å². The molecule has 83 heavy (non-hydrogen) atoms. The summed E-state index contributed by atoms with van der Waals surface area (Å²) in [6, 6.07) is -17.7. The number of carbonyl (C=O) groups is 14. The number of unbranched alkanes of at least 4 members (excludes halogenated alkanes) is 1. The van der Waals surface area contributed by atoms with Crippen LogP contribution in [0.25, 0.3) is 0 Å². The van der Waals surface area contributed by atoms with Crippen LogP contribution in [0.4, 0.5) is 0 Å². The van der Waals surface area contributed by atoms with Gasteiger partial charge in [0.15, 0.2) is 5.96 Å². The van der Waals surface area contributed by atoms with Crippen molar-refractivity contribution in [3.8, 4) is 0 Å². The number of hydrogen-bond acceptors (Lipinski definition) is 19. The highest BCUT2D eigenvalue weighted by molar-refractivity contribution is 6.00. The second kappa shape index (κ2) is 37.7. The van der Waals surface area contributed by atoms with E-state index in [0.717, 1.165) is 13.8 Å². The molecule has 0 saturated carbocycles. The van der Waals surface area contributed by atoms with Gasteiger partial charge in [-0.1, -0.05) is 34.1 Å². The van der Waals surface area contributed by atoms with Gasteiger partial charge in [-0.2, -0.15) is 0 Å². The number of rotatable bonds is 41. The van der Waals surface area contributed by atoms with Gasteiger partial charge in [0.2, 0.25) is 53.2 Å². The van der Waals surface area contributed by atoms with Crippen molar-refractivity contribution in [2.75, 3.05) is 13.1 Å². The summed E-state index contributed by atoms with van der Waals surface area (Å²) in [6.07, 6.45) is -7.82. The van der Waals surface area contributed by atoms with E-state index >= 15 is 0 Å². The Hall–Kier alpha value is -8.31. The number of aliphatic hydroxyl groups is 2. The van der Waals surface area contributed by atoms with Gasteiger partial charge in [-0.3, -0.25) is 67.3 Å². The highest BCUT2D eigenvalue weighted by atomic mass is 16.4. The second-order valence-corrected chi connectivity index (χ2v) is 19.8. The maximum Gasteiger partial charge on any atom is 0.326 e. The van der Waals surface area contributed by atoms with Crippen molar-refractivity contribution in [1.82, 2.24) is 47.9 Å². The lowest BCUT2D eigenvalue weighted by Crippen LogP contribution is -2.63. The van der Waals surface area contributed by atoms with Crippen LogP contribution in [0.2, 0.25) is 0 Å². The number of guanidine groups is 1. The first-order valence-electron chi connectivity index (χ1n) is 26.3. The molecule has 0 rings (SSSR count). The van der Waals surface area contributed by atoms with Crippen LogP contribution < -0.4 is 70.8 Å². The van der Waals surface area contributed by atoms with Crippen molar-refractivity contribution >= 4 is 89.0 Å². The summed E-state index contributed by atoms with van der Waals surface area (Å²) >= 11 is 0. The van der Waals surface area contributed by atoms with Crippen LogP contribution in [0, 0.1) is 11.8 Å². The molecule has 0 aromatic carbocycles. The van der Waals surface area contributed by atoms with Crippen molar-refractivity contribution < 1.29 is 103 Å². The number of nitrogens with two attached hydrogens (primary N) is 4. The summed E-state index contributed by atoms with van der Waals surface area (Å²) < 4.78 is 0. The van der Waals surface area contributed by atoms with Crippen molar-refractivity contribution in [3.63, 3.8) is 0 Å². The number of carboxylic acids is 5. The molecule has 35 heteroatoms. The van der Waals surface area contributed by atoms with Gasteiger partial charge in [-0.15, -0.1) is 0 Å². The molecule has 0 heterocycles. The molecule has 0 aromatic rings. The van der Waals surface area contributed by atoms with Gasteiger partial charge in [0.25, 0.3) is 0 Å². The van der Waals surface area contributed by atoms with Crippen LogP contribution in [0.3, 0.4) is 0 Å². The molecule has 0 fully saturated rings. The standard InChI is InChI=1S/C48H82N14O21/c1-7-21(4)35(60-46(81)37(23(6)64)61-38(73)24(50)13-14-30(65)66)44(79)59-34(20(2)3)43(78)55-25(11-8-9-15-49)39(74)56-28(18-32(69)70)42(77)62-36(22(5)63)45(80)57-27(17-31(67)68)41(76)54-26(12-10-16-53-48(51)52)40(75)58-29(47(82)83)19-33(71)72/h20-29,34-37,63-64H,7-19,49-50H2,1-6H3,(H,54,76)(H,55,78)(H,56,74)(H,57,80)(H,58,75)(H,59,79)(H,60,81)(H,61,73)(H,62,77)(H,65,66)(H,67,68)(H,69,70)(H,71,72)(H,82,83)(H4,51,52,53)/t21-,22+,23+,24-,25-,26-,27-,28-,29-,34-,35-,36-,37-/m0/s1. The van der Waals surface area contributed by atoms with Gasteiger partial charge < -0.3 is 107 Å². The van der Waals surface area contributed by atoms with Gasteiger partial charge in [0.1, 0.15) is 54.4 Å². The molecule has 0 bridgehead atoms. The van der Waals surface area contributed by atoms with Crippen LogP contribution in [0.1, 0.15) is 112 Å². The fourth-order valence-corrected chi connectivity index (χ4v) is 7.47. The Labute approximate surface area is 476 Å². The number of carboxylic acid groups (broad SMARTS) is 5. The van der Waals surface area contributed by atoms with E-state index in [1.54, 1.807) is 13.8 Å². The third-order valence-corrected chi connectivity index (χ3v) is 12.3. The molecule has 0 unspecified atom stereocenters. The fraction of sp³-hybridized carbons (Fsp3) is 0.688. The van der Waals surface area contributed by atoms with Crippen LogP contribution >= 0.6 is 0 Å². The number of carbonyl (C=O) groups excluding carboxylic acids is 9. The lowest BCUT2D eigenvalue weighted by atomic mass is 9.95. The van der Waals surface area contributed by atoms with E-state index < -0.39 is 193 Å². The molecular formula is C48H82N14O21. The van der Waals surface area contributed by atoms with E-state index in [4.69, 9.17) is 33.1 Å². The third kappa shape index (κ3) is 28.8. The zero-order valence-electron chi connectivity index (χ0n) is 46.9. The fourth-order valence-electron chi connectivity index (χ4n) is 7.47. The maximum atomic E-state index is 14.1. The number of hydrogen-bond donors (Lipinski definition) is 20. The van der Waals surface area contributed by atoms with E-state index in [0.29, 0.717) is 0 Å². The Kier molecular flexibility index (Phi) is 33.9. The molecule has 24 N–H and O–H groups in total. The van der Waals surface area contributed by atoms with E-state index in [1.165, 1.54) is 13.8 Å². The number of amides is 9. The minimum Gasteiger partial charge on any atom is -0.481 e. The lowest BCUT2D eigenvalue weighted by Gasteiger charge is -2.31. The molecule has 35 nitrogen and oxygen atoms in total. The average Bonchev–Trinajstić information content (AvgIpc) is 3.42. The number of aliphatic imine (C=N–C) groups is 1. The average molecular weight is 1190 g/mol.